The molecule has 1 aliphatic carbocycles. The van der Waals surface area contributed by atoms with Crippen LogP contribution in [0.25, 0.3) is 105 Å². The van der Waals surface area contributed by atoms with Crippen LogP contribution in [0.3, 0.4) is 0 Å². The molecule has 0 aliphatic heterocycles. The molecule has 0 fully saturated rings. The quantitative estimate of drug-likeness (QED) is 0.205. The van der Waals surface area contributed by atoms with Crippen LogP contribution in [0.2, 0.25) is 0 Å². The van der Waals surface area contributed by atoms with Gasteiger partial charge < -0.3 is 9.55 Å². The van der Waals surface area contributed by atoms with Gasteiger partial charge in [0.1, 0.15) is 0 Å². The average molecular weight is 611 g/mol. The number of fused-ring (bicyclic) bond motifs is 10. The van der Waals surface area contributed by atoms with Crippen molar-refractivity contribution in [3.05, 3.63) is 164 Å². The molecule has 2 nitrogen and oxygen atoms in total. The summed E-state index contributed by atoms with van der Waals surface area (Å²) >= 11 is 0. The summed E-state index contributed by atoms with van der Waals surface area (Å²) in [5.41, 5.74) is 16.1. The van der Waals surface area contributed by atoms with Gasteiger partial charge in [-0.15, -0.1) is 0 Å². The molecule has 10 aromatic rings. The smallest absolute Gasteiger partial charge is 0.0541 e. The number of rotatable bonds is 3. The second-order valence-corrected chi connectivity index (χ2v) is 13.0. The van der Waals surface area contributed by atoms with Crippen LogP contribution in [0.4, 0.5) is 0 Å². The van der Waals surface area contributed by atoms with Crippen LogP contribution in [0.15, 0.2) is 164 Å². The molecule has 0 saturated carbocycles. The van der Waals surface area contributed by atoms with E-state index in [0.717, 1.165) is 0 Å². The Labute approximate surface area is 278 Å². The van der Waals surface area contributed by atoms with E-state index in [1.165, 1.54) is 105 Å². The molecule has 224 valence electrons. The largest absolute Gasteiger partial charge is 0.354 e. The molecule has 0 radical (unpaired) electrons. The first-order valence-corrected chi connectivity index (χ1v) is 16.6. The molecular formula is C46H30N2. The van der Waals surface area contributed by atoms with E-state index in [9.17, 15) is 0 Å². The molecule has 48 heavy (non-hydrogen) atoms. The minimum absolute atomic E-state index is 0. The van der Waals surface area contributed by atoms with Crippen molar-refractivity contribution in [1.82, 2.24) is 9.55 Å². The van der Waals surface area contributed by atoms with Crippen LogP contribution in [0, 0.1) is 0 Å². The van der Waals surface area contributed by atoms with Crippen LogP contribution in [0.5, 0.6) is 0 Å². The summed E-state index contributed by atoms with van der Waals surface area (Å²) in [6.07, 6.45) is 0. The van der Waals surface area contributed by atoms with Gasteiger partial charge in [-0.1, -0.05) is 115 Å². The van der Waals surface area contributed by atoms with E-state index in [4.69, 9.17) is 0 Å². The third kappa shape index (κ3) is 3.52. The molecule has 0 bridgehead atoms. The van der Waals surface area contributed by atoms with Gasteiger partial charge in [-0.25, -0.2) is 0 Å². The Morgan fingerprint density at radius 2 is 1.00 bits per heavy atom. The van der Waals surface area contributed by atoms with E-state index < -0.39 is 0 Å². The van der Waals surface area contributed by atoms with Crippen molar-refractivity contribution in [3.8, 4) is 50.2 Å². The molecule has 2 heterocycles. The maximum Gasteiger partial charge on any atom is 0.0541 e. The molecule has 0 atom stereocenters. The monoisotopic (exact) mass is 610 g/mol. The molecule has 1 N–H and O–H groups in total. The second-order valence-electron chi connectivity index (χ2n) is 13.0. The van der Waals surface area contributed by atoms with E-state index in [1.807, 2.05) is 0 Å². The lowest BCUT2D eigenvalue weighted by Gasteiger charge is -2.11. The highest BCUT2D eigenvalue weighted by atomic mass is 15.0. The van der Waals surface area contributed by atoms with Crippen molar-refractivity contribution in [2.24, 2.45) is 0 Å². The Balaban J connectivity index is 0.00000306. The molecule has 2 aromatic heterocycles. The van der Waals surface area contributed by atoms with Crippen molar-refractivity contribution in [2.45, 2.75) is 0 Å². The van der Waals surface area contributed by atoms with Gasteiger partial charge in [-0.2, -0.15) is 0 Å². The summed E-state index contributed by atoms with van der Waals surface area (Å²) in [5, 5.41) is 7.77. The molecule has 0 saturated heterocycles. The van der Waals surface area contributed by atoms with Crippen LogP contribution in [0.1, 0.15) is 1.43 Å². The van der Waals surface area contributed by atoms with Gasteiger partial charge in [0.05, 0.1) is 11.0 Å². The Morgan fingerprint density at radius 3 is 1.90 bits per heavy atom. The van der Waals surface area contributed by atoms with Gasteiger partial charge in [0.25, 0.3) is 0 Å². The van der Waals surface area contributed by atoms with Crippen LogP contribution >= 0.6 is 0 Å². The third-order valence-electron chi connectivity index (χ3n) is 10.4. The van der Waals surface area contributed by atoms with Gasteiger partial charge in [0.2, 0.25) is 0 Å². The highest BCUT2D eigenvalue weighted by Crippen LogP contribution is 2.50. The zero-order valence-electron chi connectivity index (χ0n) is 26.0. The Bertz CT molecular complexity index is 2950. The summed E-state index contributed by atoms with van der Waals surface area (Å²) < 4.78 is 2.41. The minimum atomic E-state index is 0. The molecule has 8 aromatic carbocycles. The van der Waals surface area contributed by atoms with E-state index in [1.54, 1.807) is 0 Å². The summed E-state index contributed by atoms with van der Waals surface area (Å²) in [4.78, 5) is 3.77. The topological polar surface area (TPSA) is 20.7 Å². The summed E-state index contributed by atoms with van der Waals surface area (Å²) in [6.45, 7) is 0. The fourth-order valence-electron chi connectivity index (χ4n) is 8.33. The summed E-state index contributed by atoms with van der Waals surface area (Å²) in [5.74, 6) is 0. The fourth-order valence-corrected chi connectivity index (χ4v) is 8.33. The van der Waals surface area contributed by atoms with Gasteiger partial charge in [-0.3, -0.25) is 0 Å². The maximum atomic E-state index is 3.77. The zero-order valence-corrected chi connectivity index (χ0v) is 26.0. The van der Waals surface area contributed by atoms with E-state index in [0.29, 0.717) is 0 Å². The molecule has 0 amide bonds. The Hall–Kier alpha value is -6.38. The zero-order chi connectivity index (χ0) is 31.3. The van der Waals surface area contributed by atoms with Crippen LogP contribution in [-0.4, -0.2) is 9.55 Å². The summed E-state index contributed by atoms with van der Waals surface area (Å²) in [7, 11) is 0. The van der Waals surface area contributed by atoms with Gasteiger partial charge in [0.15, 0.2) is 0 Å². The molecule has 2 heteroatoms. The standard InChI is InChI=1S/C46H28N2.H2/c1-2-10-28(11-3-1)29-12-8-13-32(24-29)48-43-19-7-6-16-35(43)38-25-31(21-23-44(38)48)30-20-22-41-40(26-30)46-37-18-9-17-36-33-14-4-5-15-34(33)39(45(36)37)27-42(46)47-41;/h1-27,47H;1H. The molecule has 0 unspecified atom stereocenters. The number of hydrogen-bond donors (Lipinski definition) is 1. The number of nitrogens with one attached hydrogen (secondary N) is 1. The normalized spacial score (nSPS) is 12.2. The lowest BCUT2D eigenvalue weighted by molar-refractivity contribution is 1.18. The predicted octanol–water partition coefficient (Wildman–Crippen LogP) is 12.8. The maximum absolute atomic E-state index is 3.77. The van der Waals surface area contributed by atoms with E-state index >= 15 is 0 Å². The van der Waals surface area contributed by atoms with Crippen molar-refractivity contribution in [1.29, 1.82) is 0 Å². The molecule has 11 rings (SSSR count). The molecular weight excluding hydrogens is 581 g/mol. The van der Waals surface area contributed by atoms with Crippen molar-refractivity contribution < 1.29 is 1.43 Å². The van der Waals surface area contributed by atoms with Crippen molar-refractivity contribution in [2.75, 3.05) is 0 Å². The lowest BCUT2D eigenvalue weighted by atomic mass is 9.96. The lowest BCUT2D eigenvalue weighted by Crippen LogP contribution is -1.94. The number of benzene rings is 8. The predicted molar refractivity (Wildman–Crippen MR) is 205 cm³/mol. The number of hydrogen-bond acceptors (Lipinski definition) is 0. The first kappa shape index (κ1) is 25.8. The van der Waals surface area contributed by atoms with E-state index in [2.05, 4.69) is 173 Å². The van der Waals surface area contributed by atoms with Gasteiger partial charge in [0, 0.05) is 39.7 Å². The second kappa shape index (κ2) is 9.57. The van der Waals surface area contributed by atoms with Crippen LogP contribution < -0.4 is 0 Å². The average Bonchev–Trinajstić information content (AvgIpc) is 3.80. The van der Waals surface area contributed by atoms with Crippen molar-refractivity contribution in [3.63, 3.8) is 0 Å². The van der Waals surface area contributed by atoms with Crippen molar-refractivity contribution >= 4 is 54.4 Å². The first-order valence-electron chi connectivity index (χ1n) is 16.6. The van der Waals surface area contributed by atoms with Gasteiger partial charge >= 0.3 is 0 Å². The first-order chi connectivity index (χ1) is 23.8. The Morgan fingerprint density at radius 1 is 0.354 bits per heavy atom. The minimum Gasteiger partial charge on any atom is -0.354 e. The fraction of sp³-hybridized carbons (Fsp3) is 0. The Kier molecular flexibility index (Phi) is 5.14. The highest BCUT2D eigenvalue weighted by molar-refractivity contribution is 6.29. The molecule has 1 aliphatic rings. The number of para-hydroxylation sites is 1. The number of aromatic amines is 1. The highest BCUT2D eigenvalue weighted by Gasteiger charge is 2.23. The van der Waals surface area contributed by atoms with Gasteiger partial charge in [-0.05, 0) is 104 Å². The molecule has 0 spiro atoms. The van der Waals surface area contributed by atoms with Crippen LogP contribution in [-0.2, 0) is 0 Å². The number of nitrogens with zero attached hydrogens (tertiary/aromatic N) is 1. The van der Waals surface area contributed by atoms with E-state index in [-0.39, 0.29) is 1.43 Å². The summed E-state index contributed by atoms with van der Waals surface area (Å²) in [6, 6.07) is 60.1. The SMILES string of the molecule is [HH].c1ccc(-c2cccc(-n3c4ccccc4c4cc(-c5ccc6[nH]c7cc8c9c(cccc9c7c6c5)-c5ccccc5-8)ccc43)c2)cc1. The number of H-pyrrole nitrogens is 1. The number of aromatic nitrogens is 2. The third-order valence-corrected chi connectivity index (χ3v) is 10.4.